The van der Waals surface area contributed by atoms with Crippen LogP contribution in [-0.4, -0.2) is 36.9 Å². The molecule has 0 saturated heterocycles. The van der Waals surface area contributed by atoms with E-state index in [1.807, 2.05) is 42.5 Å². The van der Waals surface area contributed by atoms with Gasteiger partial charge in [0.2, 0.25) is 0 Å². The molecule has 4 nitrogen and oxygen atoms in total. The Bertz CT molecular complexity index is 793. The normalized spacial score (nSPS) is 20.5. The second-order valence-corrected chi connectivity index (χ2v) is 9.28. The van der Waals surface area contributed by atoms with Gasteiger partial charge in [-0.2, -0.15) is 0 Å². The minimum absolute atomic E-state index is 0.00363. The number of methoxy groups -OCH3 is 1. The molecular weight excluding hydrogens is 468 g/mol. The molecular formula is C27H35BrO4. The minimum Gasteiger partial charge on any atom is -0.497 e. The summed E-state index contributed by atoms with van der Waals surface area (Å²) in [5.74, 6) is 0.850. The van der Waals surface area contributed by atoms with E-state index >= 15 is 0 Å². The second kappa shape index (κ2) is 13.8. The van der Waals surface area contributed by atoms with E-state index in [1.54, 1.807) is 7.11 Å². The Labute approximate surface area is 201 Å². The quantitative estimate of drug-likeness (QED) is 0.189. The zero-order valence-electron chi connectivity index (χ0n) is 19.1. The lowest BCUT2D eigenvalue weighted by molar-refractivity contribution is -0.111. The Hall–Kier alpha value is -1.66. The average molecular weight is 503 g/mol. The molecule has 0 fully saturated rings. The van der Waals surface area contributed by atoms with Crippen molar-refractivity contribution in [1.29, 1.82) is 0 Å². The van der Waals surface area contributed by atoms with E-state index in [4.69, 9.17) is 18.9 Å². The van der Waals surface area contributed by atoms with Crippen LogP contribution in [-0.2, 0) is 27.4 Å². The molecule has 2 aromatic rings. The second-order valence-electron chi connectivity index (χ2n) is 8.10. The molecule has 0 bridgehead atoms. The number of benzene rings is 2. The summed E-state index contributed by atoms with van der Waals surface area (Å²) in [6.07, 6.45) is 8.17. The fourth-order valence-corrected chi connectivity index (χ4v) is 4.14. The van der Waals surface area contributed by atoms with Crippen LogP contribution >= 0.6 is 15.9 Å². The fourth-order valence-electron chi connectivity index (χ4n) is 3.80. The number of rotatable bonds is 12. The molecule has 0 saturated carbocycles. The molecule has 1 aliphatic heterocycles. The largest absolute Gasteiger partial charge is 0.497 e. The molecule has 0 amide bonds. The predicted octanol–water partition coefficient (Wildman–Crippen LogP) is 6.46. The predicted molar refractivity (Wildman–Crippen MR) is 132 cm³/mol. The summed E-state index contributed by atoms with van der Waals surface area (Å²) in [6.45, 7) is 3.95. The summed E-state index contributed by atoms with van der Waals surface area (Å²) < 4.78 is 24.2. The number of alkyl halides is 1. The topological polar surface area (TPSA) is 36.9 Å². The molecule has 174 valence electrons. The van der Waals surface area contributed by atoms with Gasteiger partial charge in [0, 0.05) is 11.4 Å². The average Bonchev–Trinajstić information content (AvgIpc) is 3.10. The summed E-state index contributed by atoms with van der Waals surface area (Å²) in [4.78, 5) is 0.337. The fraction of sp³-hybridized carbons (Fsp3) is 0.481. The van der Waals surface area contributed by atoms with E-state index < -0.39 is 0 Å². The molecule has 0 radical (unpaired) electrons. The Balaban J connectivity index is 1.61. The zero-order chi connectivity index (χ0) is 22.6. The van der Waals surface area contributed by atoms with Gasteiger partial charge in [-0.1, -0.05) is 77.5 Å². The van der Waals surface area contributed by atoms with Gasteiger partial charge in [-0.25, -0.2) is 0 Å². The molecule has 5 heteroatoms. The molecule has 0 spiro atoms. The molecule has 0 unspecified atom stereocenters. The van der Waals surface area contributed by atoms with Gasteiger partial charge >= 0.3 is 0 Å². The van der Waals surface area contributed by atoms with Crippen LogP contribution in [0.25, 0.3) is 0 Å². The summed E-state index contributed by atoms with van der Waals surface area (Å²) in [5.41, 5.74) is 2.30. The third-order valence-corrected chi connectivity index (χ3v) is 6.98. The summed E-state index contributed by atoms with van der Waals surface area (Å²) in [5, 5.41) is 0. The van der Waals surface area contributed by atoms with Crippen molar-refractivity contribution in [3.63, 3.8) is 0 Å². The SMILES string of the molecule is CC[C@H](Br)[C@H]1CC=CC[C@H]([C@@H](CCOCc2ccccc2)OCc2ccc(OC)cc2)O1. The standard InChI is InChI=1S/C27H35BrO4/c1-3-24(28)25-11-7-8-12-27(32-25)26(17-18-30-19-21-9-5-4-6-10-21)31-20-22-13-15-23(29-2)16-14-22/h4-10,13-16,24-27H,3,11-12,17-20H2,1-2H3/t24-,25+,26+,27+/m0/s1. The van der Waals surface area contributed by atoms with E-state index in [1.165, 1.54) is 5.56 Å². The lowest BCUT2D eigenvalue weighted by Crippen LogP contribution is -2.37. The number of hydrogen-bond acceptors (Lipinski definition) is 4. The minimum atomic E-state index is -0.0466. The number of halogens is 1. The van der Waals surface area contributed by atoms with Crippen molar-refractivity contribution in [2.24, 2.45) is 0 Å². The van der Waals surface area contributed by atoms with Crippen molar-refractivity contribution in [2.45, 2.75) is 69.0 Å². The Kier molecular flexibility index (Phi) is 10.8. The van der Waals surface area contributed by atoms with Crippen LogP contribution in [0.2, 0.25) is 0 Å². The molecule has 1 heterocycles. The molecule has 3 rings (SSSR count). The molecule has 2 aromatic carbocycles. The van der Waals surface area contributed by atoms with Crippen LogP contribution in [0.5, 0.6) is 5.75 Å². The van der Waals surface area contributed by atoms with E-state index in [0.29, 0.717) is 24.6 Å². The van der Waals surface area contributed by atoms with Crippen LogP contribution in [0.4, 0.5) is 0 Å². The van der Waals surface area contributed by atoms with Crippen molar-refractivity contribution < 1.29 is 18.9 Å². The van der Waals surface area contributed by atoms with Gasteiger partial charge in [0.15, 0.2) is 0 Å². The van der Waals surface area contributed by atoms with Crippen molar-refractivity contribution in [3.8, 4) is 5.75 Å². The molecule has 1 aliphatic rings. The van der Waals surface area contributed by atoms with Crippen LogP contribution in [0.1, 0.15) is 43.7 Å². The Morgan fingerprint density at radius 1 is 0.938 bits per heavy atom. The first-order valence-corrected chi connectivity index (χ1v) is 12.4. The Morgan fingerprint density at radius 3 is 2.31 bits per heavy atom. The monoisotopic (exact) mass is 502 g/mol. The molecule has 0 N–H and O–H groups in total. The van der Waals surface area contributed by atoms with Crippen LogP contribution in [0.15, 0.2) is 66.7 Å². The molecule has 4 atom stereocenters. The Morgan fingerprint density at radius 2 is 1.62 bits per heavy atom. The molecule has 32 heavy (non-hydrogen) atoms. The van der Waals surface area contributed by atoms with Gasteiger partial charge in [-0.3, -0.25) is 0 Å². The third-order valence-electron chi connectivity index (χ3n) is 5.74. The van der Waals surface area contributed by atoms with Gasteiger partial charge in [-0.05, 0) is 48.9 Å². The summed E-state index contributed by atoms with van der Waals surface area (Å²) in [7, 11) is 1.68. The van der Waals surface area contributed by atoms with Crippen LogP contribution in [0, 0.1) is 0 Å². The first kappa shape index (κ1) is 25.0. The maximum atomic E-state index is 6.56. The van der Waals surface area contributed by atoms with E-state index in [0.717, 1.165) is 37.0 Å². The maximum absolute atomic E-state index is 6.56. The lowest BCUT2D eigenvalue weighted by Gasteiger charge is -2.31. The zero-order valence-corrected chi connectivity index (χ0v) is 20.7. The van der Waals surface area contributed by atoms with Gasteiger partial charge in [0.05, 0.1) is 38.6 Å². The van der Waals surface area contributed by atoms with E-state index in [2.05, 4.69) is 47.1 Å². The van der Waals surface area contributed by atoms with Gasteiger partial charge < -0.3 is 18.9 Å². The van der Waals surface area contributed by atoms with Gasteiger partial charge in [0.25, 0.3) is 0 Å². The summed E-state index contributed by atoms with van der Waals surface area (Å²) in [6, 6.07) is 18.3. The van der Waals surface area contributed by atoms with Crippen LogP contribution in [0.3, 0.4) is 0 Å². The van der Waals surface area contributed by atoms with Crippen LogP contribution < -0.4 is 4.74 Å². The maximum Gasteiger partial charge on any atom is 0.118 e. The highest BCUT2D eigenvalue weighted by Crippen LogP contribution is 2.26. The van der Waals surface area contributed by atoms with Gasteiger partial charge in [0.1, 0.15) is 5.75 Å². The first-order valence-electron chi connectivity index (χ1n) is 11.5. The van der Waals surface area contributed by atoms with Gasteiger partial charge in [-0.15, -0.1) is 0 Å². The first-order chi connectivity index (χ1) is 15.7. The highest BCUT2D eigenvalue weighted by atomic mass is 79.9. The lowest BCUT2D eigenvalue weighted by atomic mass is 10.1. The highest BCUT2D eigenvalue weighted by molar-refractivity contribution is 9.09. The molecule has 0 aliphatic carbocycles. The van der Waals surface area contributed by atoms with E-state index in [-0.39, 0.29) is 18.3 Å². The van der Waals surface area contributed by atoms with Crippen molar-refractivity contribution >= 4 is 15.9 Å². The van der Waals surface area contributed by atoms with Crippen molar-refractivity contribution in [1.82, 2.24) is 0 Å². The van der Waals surface area contributed by atoms with Crippen molar-refractivity contribution in [3.05, 3.63) is 77.9 Å². The van der Waals surface area contributed by atoms with E-state index in [9.17, 15) is 0 Å². The summed E-state index contributed by atoms with van der Waals surface area (Å²) >= 11 is 3.79. The smallest absolute Gasteiger partial charge is 0.118 e. The third kappa shape index (κ3) is 8.04. The molecule has 0 aromatic heterocycles. The number of ether oxygens (including phenoxy) is 4. The number of hydrogen-bond donors (Lipinski definition) is 0. The highest BCUT2D eigenvalue weighted by Gasteiger charge is 2.29. The van der Waals surface area contributed by atoms with Crippen molar-refractivity contribution in [2.75, 3.05) is 13.7 Å².